The number of phenols is 1. The van der Waals surface area contributed by atoms with Gasteiger partial charge in [0.15, 0.2) is 0 Å². The van der Waals surface area contributed by atoms with Gasteiger partial charge in [0.2, 0.25) is 5.75 Å². The zero-order valence-corrected chi connectivity index (χ0v) is 16.1. The van der Waals surface area contributed by atoms with E-state index in [-0.39, 0.29) is 12.2 Å². The Labute approximate surface area is 156 Å². The summed E-state index contributed by atoms with van der Waals surface area (Å²) in [6.07, 6.45) is 1.29. The maximum atomic E-state index is 12.1. The lowest BCUT2D eigenvalue weighted by molar-refractivity contribution is -0.385. The van der Waals surface area contributed by atoms with Crippen LogP contribution in [0.15, 0.2) is 21.6 Å². The minimum absolute atomic E-state index is 0.166. The van der Waals surface area contributed by atoms with Gasteiger partial charge in [-0.25, -0.2) is 9.79 Å². The molecule has 0 aliphatic carbocycles. The molecule has 0 amide bonds. The van der Waals surface area contributed by atoms with Gasteiger partial charge in [-0.3, -0.25) is 10.1 Å². The van der Waals surface area contributed by atoms with Gasteiger partial charge in [-0.2, -0.15) is 0 Å². The molecular formula is C16H15BrN2O5S. The minimum atomic E-state index is -0.680. The summed E-state index contributed by atoms with van der Waals surface area (Å²) in [5.74, 6) is -0.958. The smallest absolute Gasteiger partial charge is 0.341 e. The van der Waals surface area contributed by atoms with Crippen LogP contribution in [0.25, 0.3) is 0 Å². The number of halogens is 1. The van der Waals surface area contributed by atoms with Gasteiger partial charge in [-0.15, -0.1) is 11.3 Å². The van der Waals surface area contributed by atoms with E-state index in [0.29, 0.717) is 15.0 Å². The van der Waals surface area contributed by atoms with Gasteiger partial charge in [0.05, 0.1) is 17.1 Å². The fourth-order valence-corrected chi connectivity index (χ4v) is 3.57. The van der Waals surface area contributed by atoms with Crippen LogP contribution in [0.1, 0.15) is 33.3 Å². The van der Waals surface area contributed by atoms with Gasteiger partial charge in [-0.05, 0) is 32.4 Å². The molecule has 2 rings (SSSR count). The second kappa shape index (κ2) is 7.75. The van der Waals surface area contributed by atoms with Crippen LogP contribution in [-0.2, 0) is 4.74 Å². The lowest BCUT2D eigenvalue weighted by atomic mass is 10.1. The van der Waals surface area contributed by atoms with Gasteiger partial charge in [-0.1, -0.05) is 15.9 Å². The van der Waals surface area contributed by atoms with Crippen LogP contribution in [0.2, 0.25) is 0 Å². The third-order valence-electron chi connectivity index (χ3n) is 3.45. The van der Waals surface area contributed by atoms with Gasteiger partial charge >= 0.3 is 11.7 Å². The number of hydrogen-bond donors (Lipinski definition) is 1. The normalized spacial score (nSPS) is 11.0. The highest BCUT2D eigenvalue weighted by atomic mass is 79.9. The molecule has 0 radical (unpaired) electrons. The summed E-state index contributed by atoms with van der Waals surface area (Å²) < 4.78 is 5.49. The van der Waals surface area contributed by atoms with Crippen molar-refractivity contribution in [3.05, 3.63) is 48.3 Å². The van der Waals surface area contributed by atoms with E-state index >= 15 is 0 Å². The van der Waals surface area contributed by atoms with Crippen LogP contribution >= 0.6 is 27.3 Å². The standard InChI is InChI=1S/C16H15BrN2O5S/c1-4-24-16(21)13-8(2)9(3)25-15(13)18-7-10-5-11(17)6-12(14(10)20)19(22)23/h5-7,20H,4H2,1-3H3. The summed E-state index contributed by atoms with van der Waals surface area (Å²) in [4.78, 5) is 27.6. The van der Waals surface area contributed by atoms with Gasteiger partial charge in [0.25, 0.3) is 0 Å². The predicted molar refractivity (Wildman–Crippen MR) is 99.5 cm³/mol. The van der Waals surface area contributed by atoms with E-state index in [9.17, 15) is 20.0 Å². The Morgan fingerprint density at radius 2 is 2.16 bits per heavy atom. The Kier molecular flexibility index (Phi) is 5.91. The van der Waals surface area contributed by atoms with E-state index in [1.54, 1.807) is 13.8 Å². The Morgan fingerprint density at radius 1 is 1.48 bits per heavy atom. The Hall–Kier alpha value is -2.26. The highest BCUT2D eigenvalue weighted by molar-refractivity contribution is 9.10. The molecular weight excluding hydrogens is 412 g/mol. The summed E-state index contributed by atoms with van der Waals surface area (Å²) in [5.41, 5.74) is 0.879. The molecule has 0 atom stereocenters. The molecule has 0 saturated carbocycles. The Morgan fingerprint density at radius 3 is 2.76 bits per heavy atom. The van der Waals surface area contributed by atoms with Gasteiger partial charge in [0, 0.05) is 27.2 Å². The van der Waals surface area contributed by atoms with Gasteiger partial charge in [0.1, 0.15) is 5.00 Å². The van der Waals surface area contributed by atoms with Crippen molar-refractivity contribution in [3.63, 3.8) is 0 Å². The molecule has 0 saturated heterocycles. The lowest BCUT2D eigenvalue weighted by Gasteiger charge is -2.03. The number of aliphatic imine (C=N–C) groups is 1. The maximum Gasteiger partial charge on any atom is 0.341 e. The van der Waals surface area contributed by atoms with Crippen molar-refractivity contribution in [2.45, 2.75) is 20.8 Å². The SMILES string of the molecule is CCOC(=O)c1c(N=Cc2cc(Br)cc([N+](=O)[O-])c2O)sc(C)c1C. The maximum absolute atomic E-state index is 12.1. The van der Waals surface area contributed by atoms with Crippen LogP contribution < -0.4 is 0 Å². The van der Waals surface area contributed by atoms with E-state index < -0.39 is 22.3 Å². The first-order chi connectivity index (χ1) is 11.8. The third kappa shape index (κ3) is 4.05. The zero-order valence-electron chi connectivity index (χ0n) is 13.7. The number of hydrogen-bond acceptors (Lipinski definition) is 7. The molecule has 0 aliphatic rings. The molecule has 0 bridgehead atoms. The summed E-state index contributed by atoms with van der Waals surface area (Å²) in [6.45, 7) is 5.63. The van der Waals surface area contributed by atoms with E-state index in [1.165, 1.54) is 29.7 Å². The molecule has 0 aliphatic heterocycles. The van der Waals surface area contributed by atoms with Crippen LogP contribution in [0.3, 0.4) is 0 Å². The molecule has 0 fully saturated rings. The van der Waals surface area contributed by atoms with Crippen LogP contribution in [0.5, 0.6) is 5.75 Å². The lowest BCUT2D eigenvalue weighted by Crippen LogP contribution is -2.05. The van der Waals surface area contributed by atoms with E-state index in [2.05, 4.69) is 20.9 Å². The fourth-order valence-electron chi connectivity index (χ4n) is 2.11. The summed E-state index contributed by atoms with van der Waals surface area (Å²) >= 11 is 4.48. The summed E-state index contributed by atoms with van der Waals surface area (Å²) in [7, 11) is 0. The predicted octanol–water partition coefficient (Wildman–Crippen LogP) is 4.67. The minimum Gasteiger partial charge on any atom is -0.502 e. The molecule has 1 aromatic carbocycles. The van der Waals surface area contributed by atoms with Crippen molar-refractivity contribution >= 4 is 50.1 Å². The van der Waals surface area contributed by atoms with Crippen molar-refractivity contribution in [1.82, 2.24) is 0 Å². The molecule has 132 valence electrons. The van der Waals surface area contributed by atoms with Gasteiger partial charge < -0.3 is 9.84 Å². The highest BCUT2D eigenvalue weighted by Gasteiger charge is 2.21. The second-order valence-corrected chi connectivity index (χ2v) is 7.18. The molecule has 1 heterocycles. The molecule has 0 spiro atoms. The van der Waals surface area contributed by atoms with Crippen LogP contribution in [-0.4, -0.2) is 28.8 Å². The number of esters is 1. The Balaban J connectivity index is 2.49. The number of nitro benzene ring substituents is 1. The number of benzene rings is 1. The number of nitro groups is 1. The van der Waals surface area contributed by atoms with E-state index in [4.69, 9.17) is 4.74 Å². The van der Waals surface area contributed by atoms with E-state index in [1.807, 2.05) is 6.92 Å². The second-order valence-electron chi connectivity index (χ2n) is 5.06. The molecule has 9 heteroatoms. The number of nitrogens with zero attached hydrogens (tertiary/aromatic N) is 2. The van der Waals surface area contributed by atoms with E-state index in [0.717, 1.165) is 10.4 Å². The number of carbonyl (C=O) groups excluding carboxylic acids is 1. The number of aromatic hydroxyl groups is 1. The van der Waals surface area contributed by atoms with Crippen molar-refractivity contribution in [3.8, 4) is 5.75 Å². The van der Waals surface area contributed by atoms with Crippen molar-refractivity contribution < 1.29 is 19.6 Å². The number of carbonyl (C=O) groups is 1. The third-order valence-corrected chi connectivity index (χ3v) is 5.02. The number of phenolic OH excluding ortho intramolecular Hbond substituents is 1. The van der Waals surface area contributed by atoms with Crippen molar-refractivity contribution in [2.24, 2.45) is 4.99 Å². The average molecular weight is 427 g/mol. The number of rotatable bonds is 5. The summed E-state index contributed by atoms with van der Waals surface area (Å²) in [5, 5.41) is 21.5. The zero-order chi connectivity index (χ0) is 18.7. The average Bonchev–Trinajstić information content (AvgIpc) is 2.82. The summed E-state index contributed by atoms with van der Waals surface area (Å²) in [6, 6.07) is 2.71. The highest BCUT2D eigenvalue weighted by Crippen LogP contribution is 2.37. The first-order valence-corrected chi connectivity index (χ1v) is 8.85. The monoisotopic (exact) mass is 426 g/mol. The molecule has 2 aromatic rings. The quantitative estimate of drug-likeness (QED) is 0.323. The fraction of sp³-hybridized carbons (Fsp3) is 0.250. The number of thiophene rings is 1. The topological polar surface area (TPSA) is 102 Å². The number of aryl methyl sites for hydroxylation is 1. The van der Waals surface area contributed by atoms with Crippen molar-refractivity contribution in [1.29, 1.82) is 0 Å². The van der Waals surface area contributed by atoms with Crippen molar-refractivity contribution in [2.75, 3.05) is 6.61 Å². The molecule has 0 unspecified atom stereocenters. The molecule has 1 N–H and O–H groups in total. The van der Waals surface area contributed by atoms with Crippen LogP contribution in [0.4, 0.5) is 10.7 Å². The first kappa shape index (κ1) is 19.1. The Bertz CT molecular complexity index is 876. The number of ether oxygens (including phenoxy) is 1. The van der Waals surface area contributed by atoms with Crippen LogP contribution in [0, 0.1) is 24.0 Å². The largest absolute Gasteiger partial charge is 0.502 e. The molecule has 7 nitrogen and oxygen atoms in total. The first-order valence-electron chi connectivity index (χ1n) is 7.24. The molecule has 25 heavy (non-hydrogen) atoms. The molecule has 1 aromatic heterocycles.